The molecule has 192 valence electrons. The molecule has 3 aliphatic rings. The van der Waals surface area contributed by atoms with E-state index < -0.39 is 11.1 Å². The smallest absolute Gasteiger partial charge is 0.407 e. The number of rotatable bonds is 4. The zero-order valence-corrected chi connectivity index (χ0v) is 21.5. The maximum Gasteiger partial charge on any atom is 0.407 e. The van der Waals surface area contributed by atoms with Crippen molar-refractivity contribution in [2.24, 2.45) is 5.92 Å². The largest absolute Gasteiger partial charge is 0.449 e. The Morgan fingerprint density at radius 1 is 1.32 bits per heavy atom. The van der Waals surface area contributed by atoms with Crippen LogP contribution < -0.4 is 10.6 Å². The number of carbonyl (C=O) groups excluding carboxylic acids is 1. The molecule has 9 heteroatoms. The van der Waals surface area contributed by atoms with E-state index in [4.69, 9.17) is 13.5 Å². The van der Waals surface area contributed by atoms with E-state index >= 15 is 0 Å². The molecule has 2 heterocycles. The van der Waals surface area contributed by atoms with Crippen LogP contribution in [0.25, 0.3) is 0 Å². The van der Waals surface area contributed by atoms with Crippen molar-refractivity contribution in [1.82, 2.24) is 10.2 Å². The Hall–Kier alpha value is -1.71. The average molecular weight is 498 g/mol. The van der Waals surface area contributed by atoms with Gasteiger partial charge in [0.25, 0.3) is 0 Å². The lowest BCUT2D eigenvalue weighted by Gasteiger charge is -2.43. The summed E-state index contributed by atoms with van der Waals surface area (Å²) in [6, 6.07) is 5.85. The monoisotopic (exact) mass is 497 g/mol. The van der Waals surface area contributed by atoms with E-state index in [1.54, 1.807) is 12.1 Å². The van der Waals surface area contributed by atoms with Crippen molar-refractivity contribution in [3.8, 4) is 0 Å². The molecule has 3 unspecified atom stereocenters. The molecule has 2 aliphatic heterocycles. The first-order valence-corrected chi connectivity index (χ1v) is 13.9. The number of benzene rings is 1. The Morgan fingerprint density at radius 2 is 2.00 bits per heavy atom. The topological polar surface area (TPSA) is 90.9 Å². The van der Waals surface area contributed by atoms with Gasteiger partial charge < -0.3 is 24.8 Å². The Bertz CT molecular complexity index is 841. The van der Waals surface area contributed by atoms with Crippen molar-refractivity contribution in [2.75, 3.05) is 37.8 Å². The Morgan fingerprint density at radius 3 is 2.68 bits per heavy atom. The van der Waals surface area contributed by atoms with Crippen molar-refractivity contribution in [1.29, 1.82) is 0 Å². The predicted molar refractivity (Wildman–Crippen MR) is 134 cm³/mol. The van der Waals surface area contributed by atoms with E-state index in [0.717, 1.165) is 63.0 Å². The molecule has 0 bridgehead atoms. The van der Waals surface area contributed by atoms with Gasteiger partial charge in [0.1, 0.15) is 16.9 Å². The van der Waals surface area contributed by atoms with E-state index in [2.05, 4.69) is 15.5 Å². The standard InChI is InChI=1S/C24H36FN3O2.CH4O2S/c1-17(2)15-30-23(29)27-19-5-3-4-6-20(14-19)28-11-9-24(10-12-28)16-26-22-8-7-18(25)13-21(22)24;1-4(2)3/h7-8,13,17,19-20,26H,3-6,9-12,14-16H2,1-2H3,(H,27,29);1H3,(H,2,3). The van der Waals surface area contributed by atoms with Gasteiger partial charge in [0.15, 0.2) is 0 Å². The first-order valence-electron chi connectivity index (χ1n) is 12.4. The third-order valence-electron chi connectivity index (χ3n) is 7.21. The van der Waals surface area contributed by atoms with Crippen molar-refractivity contribution < 1.29 is 22.7 Å². The molecule has 34 heavy (non-hydrogen) atoms. The minimum Gasteiger partial charge on any atom is -0.449 e. The molecule has 1 saturated carbocycles. The molecule has 1 aromatic carbocycles. The summed E-state index contributed by atoms with van der Waals surface area (Å²) in [7, 11) is 0. The summed E-state index contributed by atoms with van der Waals surface area (Å²) in [5.41, 5.74) is 2.33. The van der Waals surface area contributed by atoms with E-state index in [1.807, 2.05) is 19.9 Å². The lowest BCUT2D eigenvalue weighted by Crippen LogP contribution is -2.49. The highest BCUT2D eigenvalue weighted by molar-refractivity contribution is 7.78. The average Bonchev–Trinajstić information content (AvgIpc) is 2.95. The number of carbonyl (C=O) groups is 1. The molecule has 1 aliphatic carbocycles. The predicted octanol–water partition coefficient (Wildman–Crippen LogP) is 4.51. The molecule has 1 aromatic rings. The van der Waals surface area contributed by atoms with Gasteiger partial charge in [-0.15, -0.1) is 0 Å². The van der Waals surface area contributed by atoms with Crippen LogP contribution in [-0.2, 0) is 21.2 Å². The third-order valence-corrected chi connectivity index (χ3v) is 7.21. The van der Waals surface area contributed by atoms with Crippen LogP contribution in [0.4, 0.5) is 14.9 Å². The van der Waals surface area contributed by atoms with Gasteiger partial charge in [-0.2, -0.15) is 0 Å². The van der Waals surface area contributed by atoms with E-state index in [9.17, 15) is 9.18 Å². The third kappa shape index (κ3) is 7.39. The number of amides is 1. The number of ether oxygens (including phenoxy) is 1. The van der Waals surface area contributed by atoms with Crippen LogP contribution >= 0.6 is 0 Å². The summed E-state index contributed by atoms with van der Waals surface area (Å²) in [5, 5.41) is 6.61. The van der Waals surface area contributed by atoms with Gasteiger partial charge in [0.2, 0.25) is 0 Å². The van der Waals surface area contributed by atoms with Gasteiger partial charge in [0.05, 0.1) is 6.61 Å². The van der Waals surface area contributed by atoms with Crippen LogP contribution in [0.15, 0.2) is 18.2 Å². The van der Waals surface area contributed by atoms with Crippen molar-refractivity contribution in [3.05, 3.63) is 29.6 Å². The van der Waals surface area contributed by atoms with Crippen LogP contribution in [0.3, 0.4) is 0 Å². The van der Waals surface area contributed by atoms with Gasteiger partial charge in [-0.3, -0.25) is 0 Å². The van der Waals surface area contributed by atoms with E-state index in [-0.39, 0.29) is 23.4 Å². The Kier molecular flexibility index (Phi) is 9.74. The van der Waals surface area contributed by atoms with Crippen LogP contribution in [0.1, 0.15) is 64.4 Å². The number of halogens is 1. The van der Waals surface area contributed by atoms with Crippen LogP contribution in [0, 0.1) is 11.7 Å². The minimum absolute atomic E-state index is 0.0664. The zero-order chi connectivity index (χ0) is 24.7. The molecular formula is C25H40FN3O4S. The molecule has 7 nitrogen and oxygen atoms in total. The van der Waals surface area contributed by atoms with E-state index in [0.29, 0.717) is 18.6 Å². The summed E-state index contributed by atoms with van der Waals surface area (Å²) >= 11 is -1.61. The molecule has 1 amide bonds. The first-order chi connectivity index (χ1) is 16.2. The second-order valence-electron chi connectivity index (χ2n) is 10.3. The van der Waals surface area contributed by atoms with Crippen LogP contribution in [0.2, 0.25) is 0 Å². The van der Waals surface area contributed by atoms with Gasteiger partial charge in [0, 0.05) is 36.0 Å². The number of hydrogen-bond donors (Lipinski definition) is 3. The number of nitrogens with zero attached hydrogens (tertiary/aromatic N) is 1. The number of nitrogens with one attached hydrogen (secondary N) is 2. The maximum absolute atomic E-state index is 13.9. The number of fused-ring (bicyclic) bond motifs is 2. The molecule has 0 radical (unpaired) electrons. The molecule has 4 rings (SSSR count). The van der Waals surface area contributed by atoms with Gasteiger partial charge in [-0.1, -0.05) is 26.7 Å². The minimum atomic E-state index is -1.61. The number of alkyl carbamates (subject to hydrolysis) is 1. The summed E-state index contributed by atoms with van der Waals surface area (Å²) < 4.78 is 35.8. The van der Waals surface area contributed by atoms with Crippen molar-refractivity contribution in [3.63, 3.8) is 0 Å². The summed E-state index contributed by atoms with van der Waals surface area (Å²) in [6.45, 7) is 7.54. The number of hydrogen-bond acceptors (Lipinski definition) is 5. The second-order valence-corrected chi connectivity index (χ2v) is 11.1. The number of anilines is 1. The molecule has 1 saturated heterocycles. The summed E-state index contributed by atoms with van der Waals surface area (Å²) in [6.07, 6.45) is 8.61. The fourth-order valence-corrected chi connectivity index (χ4v) is 5.48. The second kappa shape index (κ2) is 12.3. The van der Waals surface area contributed by atoms with E-state index in [1.165, 1.54) is 19.1 Å². The normalized spacial score (nSPS) is 24.9. The highest BCUT2D eigenvalue weighted by atomic mass is 32.2. The molecule has 2 fully saturated rings. The Labute approximate surface area is 205 Å². The highest BCUT2D eigenvalue weighted by Crippen LogP contribution is 2.45. The maximum atomic E-state index is 13.9. The molecule has 3 atom stereocenters. The summed E-state index contributed by atoms with van der Waals surface area (Å²) in [4.78, 5) is 14.8. The van der Waals surface area contributed by atoms with Gasteiger partial charge >= 0.3 is 6.09 Å². The SMILES string of the molecule is CC(C)COC(=O)NC1CCCCC(N2CCC3(CC2)CNc2ccc(F)cc23)C1.CS(=O)O. The molecular weight excluding hydrogens is 457 g/mol. The quantitative estimate of drug-likeness (QED) is 0.419. The Balaban J connectivity index is 0.000000751. The molecule has 3 N–H and O–H groups in total. The lowest BCUT2D eigenvalue weighted by atomic mass is 9.74. The fourth-order valence-electron chi connectivity index (χ4n) is 5.48. The molecule has 0 aromatic heterocycles. The number of likely N-dealkylation sites (tertiary alicyclic amines) is 1. The highest BCUT2D eigenvalue weighted by Gasteiger charge is 2.43. The zero-order valence-electron chi connectivity index (χ0n) is 20.6. The van der Waals surface area contributed by atoms with Gasteiger partial charge in [-0.05, 0) is 74.9 Å². The van der Waals surface area contributed by atoms with Gasteiger partial charge in [-0.25, -0.2) is 13.4 Å². The summed E-state index contributed by atoms with van der Waals surface area (Å²) in [5.74, 6) is 0.211. The molecule has 1 spiro atoms. The number of piperidine rings is 1. The lowest BCUT2D eigenvalue weighted by molar-refractivity contribution is 0.102. The van der Waals surface area contributed by atoms with Crippen LogP contribution in [0.5, 0.6) is 0 Å². The van der Waals surface area contributed by atoms with Crippen molar-refractivity contribution >= 4 is 22.9 Å². The fraction of sp³-hybridized carbons (Fsp3) is 0.720. The van der Waals surface area contributed by atoms with Crippen molar-refractivity contribution in [2.45, 2.75) is 76.3 Å². The first kappa shape index (κ1) is 26.9. The van der Waals surface area contributed by atoms with Crippen LogP contribution in [-0.4, -0.2) is 64.3 Å².